The van der Waals surface area contributed by atoms with E-state index in [4.69, 9.17) is 16.2 Å². The Bertz CT molecular complexity index is 696. The number of anilines is 1. The van der Waals surface area contributed by atoms with Crippen LogP contribution in [-0.4, -0.2) is 11.9 Å². The van der Waals surface area contributed by atoms with Gasteiger partial charge < -0.3 is 16.2 Å². The molecule has 5 heteroatoms. The number of rotatable bonds is 4. The number of carbonyl (C=O) groups excluding carboxylic acids is 2. The molecule has 0 aromatic heterocycles. The monoisotopic (exact) mass is 284 g/mol. The Morgan fingerprint density at radius 1 is 1.10 bits per heavy atom. The Balaban J connectivity index is 2.15. The third kappa shape index (κ3) is 3.39. The summed E-state index contributed by atoms with van der Waals surface area (Å²) in [6.07, 6.45) is 0. The lowest BCUT2D eigenvalue weighted by Crippen LogP contribution is -2.15. The van der Waals surface area contributed by atoms with Gasteiger partial charge in [-0.25, -0.2) is 4.79 Å². The second-order valence-electron chi connectivity index (χ2n) is 4.69. The first kappa shape index (κ1) is 14.6. The number of amides is 1. The molecule has 0 saturated carbocycles. The van der Waals surface area contributed by atoms with E-state index >= 15 is 0 Å². The van der Waals surface area contributed by atoms with Crippen LogP contribution in [0, 0.1) is 6.92 Å². The van der Waals surface area contributed by atoms with E-state index in [1.165, 1.54) is 0 Å². The van der Waals surface area contributed by atoms with Crippen LogP contribution in [0.2, 0.25) is 0 Å². The molecule has 5 nitrogen and oxygen atoms in total. The number of aryl methyl sites for hydroxylation is 1. The van der Waals surface area contributed by atoms with Gasteiger partial charge in [-0.3, -0.25) is 4.79 Å². The van der Waals surface area contributed by atoms with Crippen molar-refractivity contribution in [3.8, 4) is 0 Å². The molecule has 2 aromatic carbocycles. The van der Waals surface area contributed by atoms with Gasteiger partial charge in [0, 0.05) is 16.8 Å². The van der Waals surface area contributed by atoms with Crippen LogP contribution in [0.25, 0.3) is 0 Å². The van der Waals surface area contributed by atoms with E-state index in [0.29, 0.717) is 22.4 Å². The van der Waals surface area contributed by atoms with Gasteiger partial charge in [0.25, 0.3) is 0 Å². The molecule has 0 aliphatic heterocycles. The number of carbonyl (C=O) groups is 2. The van der Waals surface area contributed by atoms with Crippen LogP contribution in [-0.2, 0) is 11.3 Å². The Labute approximate surface area is 122 Å². The van der Waals surface area contributed by atoms with Crippen molar-refractivity contribution in [3.63, 3.8) is 0 Å². The molecular formula is C16H16N2O3. The van der Waals surface area contributed by atoms with E-state index in [1.807, 2.05) is 13.0 Å². The quantitative estimate of drug-likeness (QED) is 0.663. The highest BCUT2D eigenvalue weighted by molar-refractivity contribution is 5.96. The van der Waals surface area contributed by atoms with Crippen molar-refractivity contribution in [2.24, 2.45) is 5.73 Å². The largest absolute Gasteiger partial charge is 0.457 e. The molecule has 0 atom stereocenters. The van der Waals surface area contributed by atoms with E-state index in [1.54, 1.807) is 36.4 Å². The van der Waals surface area contributed by atoms with Gasteiger partial charge >= 0.3 is 5.97 Å². The topological polar surface area (TPSA) is 95.4 Å². The molecule has 0 unspecified atom stereocenters. The predicted octanol–water partition coefficient (Wildman–Crippen LogP) is 2.03. The van der Waals surface area contributed by atoms with Crippen molar-refractivity contribution in [1.82, 2.24) is 0 Å². The Morgan fingerprint density at radius 3 is 2.52 bits per heavy atom. The van der Waals surface area contributed by atoms with Gasteiger partial charge in [-0.15, -0.1) is 0 Å². The highest BCUT2D eigenvalue weighted by atomic mass is 16.5. The van der Waals surface area contributed by atoms with Gasteiger partial charge in [-0.05, 0) is 25.1 Å². The number of nitrogen functional groups attached to an aromatic ring is 1. The van der Waals surface area contributed by atoms with Gasteiger partial charge in [0.15, 0.2) is 0 Å². The summed E-state index contributed by atoms with van der Waals surface area (Å²) in [5.74, 6) is -1.09. The fourth-order valence-electron chi connectivity index (χ4n) is 1.95. The molecule has 0 saturated heterocycles. The Kier molecular flexibility index (Phi) is 4.23. The van der Waals surface area contributed by atoms with E-state index in [9.17, 15) is 9.59 Å². The Morgan fingerprint density at radius 2 is 1.81 bits per heavy atom. The molecule has 108 valence electrons. The van der Waals surface area contributed by atoms with Crippen molar-refractivity contribution < 1.29 is 14.3 Å². The van der Waals surface area contributed by atoms with E-state index in [0.717, 1.165) is 5.56 Å². The van der Waals surface area contributed by atoms with Crippen LogP contribution in [0.3, 0.4) is 0 Å². The summed E-state index contributed by atoms with van der Waals surface area (Å²) in [4.78, 5) is 23.4. The maximum atomic E-state index is 12.1. The zero-order valence-electron chi connectivity index (χ0n) is 11.6. The molecule has 2 aromatic rings. The van der Waals surface area contributed by atoms with Crippen LogP contribution in [0.4, 0.5) is 5.69 Å². The first-order chi connectivity index (χ1) is 9.99. The minimum Gasteiger partial charge on any atom is -0.457 e. The van der Waals surface area contributed by atoms with Crippen molar-refractivity contribution >= 4 is 17.6 Å². The molecule has 0 aliphatic carbocycles. The van der Waals surface area contributed by atoms with Crippen LogP contribution >= 0.6 is 0 Å². The molecule has 0 aliphatic rings. The molecule has 0 bridgehead atoms. The maximum absolute atomic E-state index is 12.1. The average Bonchev–Trinajstić information content (AvgIpc) is 2.47. The number of esters is 1. The normalized spacial score (nSPS) is 10.1. The lowest BCUT2D eigenvalue weighted by atomic mass is 10.1. The van der Waals surface area contributed by atoms with Crippen molar-refractivity contribution in [3.05, 3.63) is 64.7 Å². The predicted molar refractivity (Wildman–Crippen MR) is 79.7 cm³/mol. The maximum Gasteiger partial charge on any atom is 0.340 e. The number of ether oxygens (including phenoxy) is 1. The third-order valence-corrected chi connectivity index (χ3v) is 3.07. The van der Waals surface area contributed by atoms with Crippen molar-refractivity contribution in [1.29, 1.82) is 0 Å². The molecule has 0 heterocycles. The molecule has 21 heavy (non-hydrogen) atoms. The van der Waals surface area contributed by atoms with Gasteiger partial charge in [-0.1, -0.05) is 29.8 Å². The summed E-state index contributed by atoms with van der Waals surface area (Å²) in [5.41, 5.74) is 13.5. The smallest absolute Gasteiger partial charge is 0.340 e. The first-order valence-electron chi connectivity index (χ1n) is 6.40. The highest BCUT2D eigenvalue weighted by Gasteiger charge is 2.13. The SMILES string of the molecule is Cc1ccc(N)c(C(=O)OCc2ccccc2C(N)=O)c1. The number of hydrogen-bond acceptors (Lipinski definition) is 4. The fraction of sp³-hybridized carbons (Fsp3) is 0.125. The highest BCUT2D eigenvalue weighted by Crippen LogP contribution is 2.16. The van der Waals surface area contributed by atoms with Gasteiger partial charge in [0.05, 0.1) is 5.56 Å². The molecule has 1 amide bonds. The van der Waals surface area contributed by atoms with E-state index in [-0.39, 0.29) is 6.61 Å². The summed E-state index contributed by atoms with van der Waals surface area (Å²) < 4.78 is 5.21. The molecule has 0 fully saturated rings. The van der Waals surface area contributed by atoms with E-state index in [2.05, 4.69) is 0 Å². The minimum absolute atomic E-state index is 0.0364. The standard InChI is InChI=1S/C16H16N2O3/c1-10-6-7-14(17)13(8-10)16(20)21-9-11-4-2-3-5-12(11)15(18)19/h2-8H,9,17H2,1H3,(H2,18,19). The minimum atomic E-state index is -0.559. The summed E-state index contributed by atoms with van der Waals surface area (Å²) in [5, 5.41) is 0. The lowest BCUT2D eigenvalue weighted by Gasteiger charge is -2.10. The van der Waals surface area contributed by atoms with Crippen LogP contribution in [0.1, 0.15) is 31.8 Å². The lowest BCUT2D eigenvalue weighted by molar-refractivity contribution is 0.0471. The molecule has 0 radical (unpaired) electrons. The fourth-order valence-corrected chi connectivity index (χ4v) is 1.95. The summed E-state index contributed by atoms with van der Waals surface area (Å²) >= 11 is 0. The average molecular weight is 284 g/mol. The van der Waals surface area contributed by atoms with Gasteiger partial charge in [0.2, 0.25) is 5.91 Å². The van der Waals surface area contributed by atoms with Crippen molar-refractivity contribution in [2.75, 3.05) is 5.73 Å². The Hall–Kier alpha value is -2.82. The zero-order valence-corrected chi connectivity index (χ0v) is 11.6. The van der Waals surface area contributed by atoms with E-state index < -0.39 is 11.9 Å². The number of hydrogen-bond donors (Lipinski definition) is 2. The molecule has 4 N–H and O–H groups in total. The summed E-state index contributed by atoms with van der Waals surface area (Å²) in [7, 11) is 0. The van der Waals surface area contributed by atoms with Crippen LogP contribution in [0.15, 0.2) is 42.5 Å². The van der Waals surface area contributed by atoms with Gasteiger partial charge in [0.1, 0.15) is 6.61 Å². The molecule has 2 rings (SSSR count). The number of benzene rings is 2. The third-order valence-electron chi connectivity index (χ3n) is 3.07. The molecular weight excluding hydrogens is 268 g/mol. The number of primary amides is 1. The van der Waals surface area contributed by atoms with Crippen LogP contribution in [0.5, 0.6) is 0 Å². The second kappa shape index (κ2) is 6.09. The zero-order chi connectivity index (χ0) is 15.4. The number of nitrogens with two attached hydrogens (primary N) is 2. The summed E-state index contributed by atoms with van der Waals surface area (Å²) in [6, 6.07) is 11.9. The van der Waals surface area contributed by atoms with Crippen molar-refractivity contribution in [2.45, 2.75) is 13.5 Å². The summed E-state index contributed by atoms with van der Waals surface area (Å²) in [6.45, 7) is 1.82. The molecule has 0 spiro atoms. The first-order valence-corrected chi connectivity index (χ1v) is 6.40. The van der Waals surface area contributed by atoms with Gasteiger partial charge in [-0.2, -0.15) is 0 Å². The van der Waals surface area contributed by atoms with Crippen LogP contribution < -0.4 is 11.5 Å². The second-order valence-corrected chi connectivity index (χ2v) is 4.69.